The first-order chi connectivity index (χ1) is 9.16. The topological polar surface area (TPSA) is 55.1 Å². The van der Waals surface area contributed by atoms with Crippen molar-refractivity contribution in [3.05, 3.63) is 29.6 Å². The van der Waals surface area contributed by atoms with Crippen LogP contribution in [0, 0.1) is 23.6 Å². The van der Waals surface area contributed by atoms with Crippen LogP contribution in [0.5, 0.6) is 0 Å². The fourth-order valence-electron chi connectivity index (χ4n) is 2.92. The van der Waals surface area contributed by atoms with Crippen LogP contribution < -0.4 is 11.1 Å². The maximum Gasteiger partial charge on any atom is 0.253 e. The third-order valence-electron chi connectivity index (χ3n) is 4.24. The highest BCUT2D eigenvalue weighted by atomic mass is 19.1. The maximum atomic E-state index is 13.6. The number of primary amides is 1. The molecular weight excluding hydrogens is 243 g/mol. The lowest BCUT2D eigenvalue weighted by Crippen LogP contribution is -2.21. The molecule has 19 heavy (non-hydrogen) atoms. The van der Waals surface area contributed by atoms with Crippen molar-refractivity contribution >= 4 is 11.6 Å². The summed E-state index contributed by atoms with van der Waals surface area (Å²) in [6.45, 7) is 0.819. The second-order valence-electron chi connectivity index (χ2n) is 5.75. The van der Waals surface area contributed by atoms with Gasteiger partial charge in [-0.1, -0.05) is 6.07 Å². The molecule has 0 saturated heterocycles. The van der Waals surface area contributed by atoms with E-state index < -0.39 is 11.7 Å². The van der Waals surface area contributed by atoms with Gasteiger partial charge in [0.2, 0.25) is 0 Å². The lowest BCUT2D eigenvalue weighted by molar-refractivity contribution is 0.0997. The average molecular weight is 262 g/mol. The Kier molecular flexibility index (Phi) is 3.17. The smallest absolute Gasteiger partial charge is 0.253 e. The molecule has 4 heteroatoms. The zero-order valence-electron chi connectivity index (χ0n) is 10.9. The maximum absolute atomic E-state index is 13.6. The number of amides is 1. The van der Waals surface area contributed by atoms with Crippen LogP contribution in [0.25, 0.3) is 0 Å². The van der Waals surface area contributed by atoms with Crippen LogP contribution in [0.2, 0.25) is 0 Å². The molecule has 3 N–H and O–H groups in total. The van der Waals surface area contributed by atoms with Crippen LogP contribution in [0.15, 0.2) is 18.2 Å². The number of carbonyl (C=O) groups is 1. The standard InChI is InChI=1S/C15H19FN2O/c16-12-2-1-3-13(14(12)15(17)19)18-8-11(9-4-5-9)10-6-7-10/h1-3,9-11,18H,4-8H2,(H2,17,19). The number of benzene rings is 1. The van der Waals surface area contributed by atoms with Gasteiger partial charge in [0.05, 0.1) is 5.56 Å². The highest BCUT2D eigenvalue weighted by Gasteiger charge is 2.41. The summed E-state index contributed by atoms with van der Waals surface area (Å²) >= 11 is 0. The Morgan fingerprint density at radius 3 is 2.47 bits per heavy atom. The van der Waals surface area contributed by atoms with E-state index >= 15 is 0 Å². The van der Waals surface area contributed by atoms with Gasteiger partial charge >= 0.3 is 0 Å². The summed E-state index contributed by atoms with van der Waals surface area (Å²) in [4.78, 5) is 11.3. The van der Waals surface area contributed by atoms with Crippen LogP contribution in [-0.2, 0) is 0 Å². The van der Waals surface area contributed by atoms with Gasteiger partial charge in [-0.25, -0.2) is 4.39 Å². The summed E-state index contributed by atoms with van der Waals surface area (Å²) in [5, 5.41) is 3.24. The van der Waals surface area contributed by atoms with Gasteiger partial charge in [-0.2, -0.15) is 0 Å². The van der Waals surface area contributed by atoms with E-state index in [1.807, 2.05) is 0 Å². The van der Waals surface area contributed by atoms with Crippen molar-refractivity contribution in [1.82, 2.24) is 0 Å². The zero-order chi connectivity index (χ0) is 13.4. The molecule has 0 aliphatic heterocycles. The van der Waals surface area contributed by atoms with E-state index in [4.69, 9.17) is 5.73 Å². The molecular formula is C15H19FN2O. The molecule has 0 spiro atoms. The quantitative estimate of drug-likeness (QED) is 0.828. The zero-order valence-corrected chi connectivity index (χ0v) is 10.9. The Labute approximate surface area is 112 Å². The first kappa shape index (κ1) is 12.5. The van der Waals surface area contributed by atoms with E-state index in [1.165, 1.54) is 31.7 Å². The highest BCUT2D eigenvalue weighted by Crippen LogP contribution is 2.49. The van der Waals surface area contributed by atoms with E-state index in [2.05, 4.69) is 5.32 Å². The minimum atomic E-state index is -0.713. The molecule has 2 aliphatic rings. The predicted octanol–water partition coefficient (Wildman–Crippen LogP) is 2.77. The van der Waals surface area contributed by atoms with Crippen molar-refractivity contribution in [2.75, 3.05) is 11.9 Å². The summed E-state index contributed by atoms with van der Waals surface area (Å²) in [7, 11) is 0. The molecule has 0 radical (unpaired) electrons. The second kappa shape index (κ2) is 4.83. The Bertz CT molecular complexity index is 483. The van der Waals surface area contributed by atoms with E-state index in [-0.39, 0.29) is 5.56 Å². The summed E-state index contributed by atoms with van der Waals surface area (Å²) in [6.07, 6.45) is 5.26. The number of hydrogen-bond donors (Lipinski definition) is 2. The van der Waals surface area contributed by atoms with Gasteiger partial charge in [0.1, 0.15) is 5.82 Å². The molecule has 0 atom stereocenters. The molecule has 3 nitrogen and oxygen atoms in total. The molecule has 2 fully saturated rings. The second-order valence-corrected chi connectivity index (χ2v) is 5.75. The highest BCUT2D eigenvalue weighted by molar-refractivity contribution is 5.98. The minimum absolute atomic E-state index is 0.0205. The summed E-state index contributed by atoms with van der Waals surface area (Å²) < 4.78 is 13.6. The van der Waals surface area contributed by atoms with Crippen molar-refractivity contribution in [1.29, 1.82) is 0 Å². The van der Waals surface area contributed by atoms with Crippen molar-refractivity contribution in [3.63, 3.8) is 0 Å². The number of nitrogens with two attached hydrogens (primary N) is 1. The molecule has 1 aromatic carbocycles. The van der Waals surface area contributed by atoms with Gasteiger partial charge < -0.3 is 11.1 Å². The molecule has 0 aromatic heterocycles. The number of hydrogen-bond acceptors (Lipinski definition) is 2. The van der Waals surface area contributed by atoms with Crippen molar-refractivity contribution in [3.8, 4) is 0 Å². The summed E-state index contributed by atoms with van der Waals surface area (Å²) in [5.74, 6) is 1.06. The molecule has 1 amide bonds. The number of anilines is 1. The fourth-order valence-corrected chi connectivity index (χ4v) is 2.92. The molecule has 0 heterocycles. The first-order valence-electron chi connectivity index (χ1n) is 6.99. The third kappa shape index (κ3) is 2.72. The van der Waals surface area contributed by atoms with E-state index in [1.54, 1.807) is 12.1 Å². The van der Waals surface area contributed by atoms with Crippen molar-refractivity contribution in [2.24, 2.45) is 23.5 Å². The van der Waals surface area contributed by atoms with Gasteiger partial charge in [0.15, 0.2) is 0 Å². The summed E-state index contributed by atoms with van der Waals surface area (Å²) in [6, 6.07) is 4.60. The molecule has 1 aromatic rings. The Morgan fingerprint density at radius 1 is 1.32 bits per heavy atom. The Hall–Kier alpha value is -1.58. The van der Waals surface area contributed by atoms with Crippen LogP contribution in [0.1, 0.15) is 36.0 Å². The molecule has 0 bridgehead atoms. The third-order valence-corrected chi connectivity index (χ3v) is 4.24. The molecule has 3 rings (SSSR count). The lowest BCUT2D eigenvalue weighted by atomic mass is 9.97. The minimum Gasteiger partial charge on any atom is -0.384 e. The van der Waals surface area contributed by atoms with Crippen LogP contribution in [0.4, 0.5) is 10.1 Å². The SMILES string of the molecule is NC(=O)c1c(F)cccc1NCC(C1CC1)C1CC1. The number of rotatable bonds is 6. The van der Waals surface area contributed by atoms with E-state index in [9.17, 15) is 9.18 Å². The largest absolute Gasteiger partial charge is 0.384 e. The predicted molar refractivity (Wildman–Crippen MR) is 72.3 cm³/mol. The molecule has 102 valence electrons. The Balaban J connectivity index is 1.72. The van der Waals surface area contributed by atoms with Crippen LogP contribution in [0.3, 0.4) is 0 Å². The lowest BCUT2D eigenvalue weighted by Gasteiger charge is -2.18. The molecule has 0 unspecified atom stereocenters. The fraction of sp³-hybridized carbons (Fsp3) is 0.533. The van der Waals surface area contributed by atoms with Crippen molar-refractivity contribution < 1.29 is 9.18 Å². The summed E-state index contributed by atoms with van der Waals surface area (Å²) in [5.41, 5.74) is 5.75. The van der Waals surface area contributed by atoms with E-state index in [0.29, 0.717) is 11.6 Å². The van der Waals surface area contributed by atoms with Gasteiger partial charge in [-0.3, -0.25) is 4.79 Å². The average Bonchev–Trinajstić information content (AvgIpc) is 3.23. The number of nitrogens with one attached hydrogen (secondary N) is 1. The number of halogens is 1. The van der Waals surface area contributed by atoms with Crippen LogP contribution >= 0.6 is 0 Å². The van der Waals surface area contributed by atoms with Gasteiger partial charge in [-0.15, -0.1) is 0 Å². The Morgan fingerprint density at radius 2 is 1.95 bits per heavy atom. The van der Waals surface area contributed by atoms with Crippen LogP contribution in [-0.4, -0.2) is 12.5 Å². The number of carbonyl (C=O) groups excluding carboxylic acids is 1. The van der Waals surface area contributed by atoms with Gasteiger partial charge in [0.25, 0.3) is 5.91 Å². The van der Waals surface area contributed by atoms with Gasteiger partial charge in [0, 0.05) is 12.2 Å². The molecule has 2 aliphatic carbocycles. The molecule has 2 saturated carbocycles. The normalized spacial score (nSPS) is 18.6. The van der Waals surface area contributed by atoms with Gasteiger partial charge in [-0.05, 0) is 55.6 Å². The first-order valence-corrected chi connectivity index (χ1v) is 6.99. The van der Waals surface area contributed by atoms with E-state index in [0.717, 1.165) is 18.4 Å². The van der Waals surface area contributed by atoms with Crippen molar-refractivity contribution in [2.45, 2.75) is 25.7 Å². The monoisotopic (exact) mass is 262 g/mol.